The summed E-state index contributed by atoms with van der Waals surface area (Å²) in [6, 6.07) is 2.27. The molecule has 3 rings (SSSR count). The van der Waals surface area contributed by atoms with E-state index in [4.69, 9.17) is 10.7 Å². The standard InChI is InChI=1S/C17H23N3/c1-10-8-11(2)13(4)16(12(10)3)17-14-6-5-7-20(14)15(9-18)19-17/h8H,5-7,9,18H2,1-4H3. The van der Waals surface area contributed by atoms with Crippen molar-refractivity contribution >= 4 is 0 Å². The van der Waals surface area contributed by atoms with Crippen LogP contribution < -0.4 is 5.73 Å². The molecule has 0 atom stereocenters. The van der Waals surface area contributed by atoms with Gasteiger partial charge >= 0.3 is 0 Å². The largest absolute Gasteiger partial charge is 0.330 e. The van der Waals surface area contributed by atoms with E-state index in [1.807, 2.05) is 0 Å². The Morgan fingerprint density at radius 2 is 1.80 bits per heavy atom. The number of hydrogen-bond donors (Lipinski definition) is 1. The van der Waals surface area contributed by atoms with Crippen LogP contribution in [0.5, 0.6) is 0 Å². The number of aromatic nitrogens is 2. The van der Waals surface area contributed by atoms with E-state index in [2.05, 4.69) is 38.3 Å². The second-order valence-electron chi connectivity index (χ2n) is 5.92. The van der Waals surface area contributed by atoms with Crippen molar-refractivity contribution in [2.24, 2.45) is 5.73 Å². The average Bonchev–Trinajstić information content (AvgIpc) is 3.00. The number of nitrogens with zero attached hydrogens (tertiary/aromatic N) is 2. The molecule has 2 N–H and O–H groups in total. The fourth-order valence-electron chi connectivity index (χ4n) is 3.39. The molecule has 0 amide bonds. The van der Waals surface area contributed by atoms with Crippen molar-refractivity contribution in [3.63, 3.8) is 0 Å². The van der Waals surface area contributed by atoms with E-state index in [0.717, 1.165) is 18.8 Å². The molecular weight excluding hydrogens is 246 g/mol. The Hall–Kier alpha value is -1.61. The molecule has 0 aliphatic carbocycles. The first kappa shape index (κ1) is 13.4. The quantitative estimate of drug-likeness (QED) is 0.910. The molecule has 2 aromatic rings. The third-order valence-corrected chi connectivity index (χ3v) is 4.73. The summed E-state index contributed by atoms with van der Waals surface area (Å²) >= 11 is 0. The van der Waals surface area contributed by atoms with E-state index in [1.54, 1.807) is 0 Å². The van der Waals surface area contributed by atoms with E-state index in [1.165, 1.54) is 45.6 Å². The van der Waals surface area contributed by atoms with Crippen LogP contribution in [0.2, 0.25) is 0 Å². The molecule has 1 aromatic heterocycles. The summed E-state index contributed by atoms with van der Waals surface area (Å²) in [6.45, 7) is 10.4. The molecular formula is C17H23N3. The third kappa shape index (κ3) is 1.80. The Bertz CT molecular complexity index is 654. The van der Waals surface area contributed by atoms with Gasteiger partial charge in [-0.3, -0.25) is 0 Å². The zero-order valence-electron chi connectivity index (χ0n) is 12.9. The van der Waals surface area contributed by atoms with Gasteiger partial charge in [-0.05, 0) is 62.8 Å². The van der Waals surface area contributed by atoms with Crippen molar-refractivity contribution in [3.05, 3.63) is 39.8 Å². The maximum atomic E-state index is 5.87. The monoisotopic (exact) mass is 269 g/mol. The lowest BCUT2D eigenvalue weighted by Gasteiger charge is -2.14. The van der Waals surface area contributed by atoms with Gasteiger partial charge < -0.3 is 10.3 Å². The first-order valence-electron chi connectivity index (χ1n) is 7.40. The number of benzene rings is 1. The van der Waals surface area contributed by atoms with Gasteiger partial charge in [-0.25, -0.2) is 4.98 Å². The predicted octanol–water partition coefficient (Wildman–Crippen LogP) is 3.19. The van der Waals surface area contributed by atoms with Gasteiger partial charge in [0, 0.05) is 17.8 Å². The Labute approximate surface area is 120 Å². The fraction of sp³-hybridized carbons (Fsp3) is 0.471. The van der Waals surface area contributed by atoms with Crippen LogP contribution in [-0.4, -0.2) is 9.55 Å². The van der Waals surface area contributed by atoms with Crippen LogP contribution in [0.15, 0.2) is 6.07 Å². The van der Waals surface area contributed by atoms with E-state index in [9.17, 15) is 0 Å². The van der Waals surface area contributed by atoms with E-state index < -0.39 is 0 Å². The molecule has 1 aliphatic heterocycles. The number of imidazole rings is 1. The van der Waals surface area contributed by atoms with Gasteiger partial charge in [0.15, 0.2) is 0 Å². The summed E-state index contributed by atoms with van der Waals surface area (Å²) in [5.41, 5.74) is 15.1. The van der Waals surface area contributed by atoms with Crippen LogP contribution >= 0.6 is 0 Å². The molecule has 3 heteroatoms. The molecule has 0 unspecified atom stereocenters. The molecule has 3 nitrogen and oxygen atoms in total. The zero-order chi connectivity index (χ0) is 14.4. The summed E-state index contributed by atoms with van der Waals surface area (Å²) in [7, 11) is 0. The maximum absolute atomic E-state index is 5.87. The van der Waals surface area contributed by atoms with E-state index in [-0.39, 0.29) is 0 Å². The highest BCUT2D eigenvalue weighted by atomic mass is 15.1. The predicted molar refractivity (Wildman–Crippen MR) is 82.8 cm³/mol. The molecule has 0 saturated heterocycles. The smallest absolute Gasteiger partial charge is 0.123 e. The van der Waals surface area contributed by atoms with Gasteiger partial charge in [-0.15, -0.1) is 0 Å². The number of rotatable bonds is 2. The van der Waals surface area contributed by atoms with Gasteiger partial charge in [0.05, 0.1) is 12.2 Å². The Morgan fingerprint density at radius 1 is 1.15 bits per heavy atom. The minimum atomic E-state index is 0.524. The summed E-state index contributed by atoms with van der Waals surface area (Å²) in [4.78, 5) is 4.86. The fourth-order valence-corrected chi connectivity index (χ4v) is 3.39. The maximum Gasteiger partial charge on any atom is 0.123 e. The van der Waals surface area contributed by atoms with Crippen molar-refractivity contribution in [2.75, 3.05) is 0 Å². The number of hydrogen-bond acceptors (Lipinski definition) is 2. The lowest BCUT2D eigenvalue weighted by molar-refractivity contribution is 0.689. The van der Waals surface area contributed by atoms with Crippen LogP contribution in [-0.2, 0) is 19.5 Å². The minimum Gasteiger partial charge on any atom is -0.330 e. The lowest BCUT2D eigenvalue weighted by Crippen LogP contribution is -2.06. The van der Waals surface area contributed by atoms with Crippen LogP contribution in [0, 0.1) is 27.7 Å². The SMILES string of the molecule is Cc1cc(C)c(C)c(-c2nc(CN)n3c2CCC3)c1C. The molecule has 0 radical (unpaired) electrons. The zero-order valence-corrected chi connectivity index (χ0v) is 12.9. The van der Waals surface area contributed by atoms with Gasteiger partial charge in [-0.1, -0.05) is 6.07 Å². The first-order chi connectivity index (χ1) is 9.54. The highest BCUT2D eigenvalue weighted by Gasteiger charge is 2.24. The highest BCUT2D eigenvalue weighted by Crippen LogP contribution is 2.35. The second-order valence-corrected chi connectivity index (χ2v) is 5.92. The molecule has 0 bridgehead atoms. The van der Waals surface area contributed by atoms with E-state index >= 15 is 0 Å². The summed E-state index contributed by atoms with van der Waals surface area (Å²) < 4.78 is 2.33. The van der Waals surface area contributed by atoms with Gasteiger partial charge in [0.1, 0.15) is 5.82 Å². The minimum absolute atomic E-state index is 0.524. The Kier molecular flexibility index (Phi) is 3.17. The third-order valence-electron chi connectivity index (χ3n) is 4.73. The molecule has 2 heterocycles. The Morgan fingerprint density at radius 3 is 2.40 bits per heavy atom. The molecule has 0 spiro atoms. The van der Waals surface area contributed by atoms with Crippen molar-refractivity contribution in [3.8, 4) is 11.3 Å². The summed E-state index contributed by atoms with van der Waals surface area (Å²) in [5.74, 6) is 1.03. The lowest BCUT2D eigenvalue weighted by atomic mass is 9.91. The molecule has 1 aliphatic rings. The van der Waals surface area contributed by atoms with Crippen molar-refractivity contribution in [1.29, 1.82) is 0 Å². The van der Waals surface area contributed by atoms with Gasteiger partial charge in [0.25, 0.3) is 0 Å². The molecule has 0 saturated carbocycles. The Balaban J connectivity index is 2.30. The first-order valence-corrected chi connectivity index (χ1v) is 7.40. The summed E-state index contributed by atoms with van der Waals surface area (Å²) in [5, 5.41) is 0. The molecule has 106 valence electrons. The number of fused-ring (bicyclic) bond motifs is 1. The molecule has 1 aromatic carbocycles. The van der Waals surface area contributed by atoms with Crippen LogP contribution in [0.4, 0.5) is 0 Å². The number of nitrogens with two attached hydrogens (primary N) is 1. The van der Waals surface area contributed by atoms with Crippen LogP contribution in [0.3, 0.4) is 0 Å². The highest BCUT2D eigenvalue weighted by molar-refractivity contribution is 5.73. The second kappa shape index (κ2) is 4.74. The normalized spacial score (nSPS) is 13.8. The van der Waals surface area contributed by atoms with Crippen LogP contribution in [0.25, 0.3) is 11.3 Å². The van der Waals surface area contributed by atoms with Crippen molar-refractivity contribution in [2.45, 2.75) is 53.6 Å². The average molecular weight is 269 g/mol. The molecule has 20 heavy (non-hydrogen) atoms. The number of aryl methyl sites for hydroxylation is 2. The van der Waals surface area contributed by atoms with Crippen LogP contribution in [0.1, 0.15) is 40.2 Å². The van der Waals surface area contributed by atoms with Gasteiger partial charge in [-0.2, -0.15) is 0 Å². The van der Waals surface area contributed by atoms with Crippen molar-refractivity contribution in [1.82, 2.24) is 9.55 Å². The topological polar surface area (TPSA) is 43.8 Å². The summed E-state index contributed by atoms with van der Waals surface area (Å²) in [6.07, 6.45) is 2.33. The van der Waals surface area contributed by atoms with E-state index in [0.29, 0.717) is 6.54 Å². The van der Waals surface area contributed by atoms with Crippen molar-refractivity contribution < 1.29 is 0 Å². The molecule has 0 fully saturated rings. The van der Waals surface area contributed by atoms with Gasteiger partial charge in [0.2, 0.25) is 0 Å².